The van der Waals surface area contributed by atoms with Crippen molar-refractivity contribution in [1.29, 1.82) is 0 Å². The maximum atomic E-state index is 5.24. The molecule has 0 radical (unpaired) electrons. The Morgan fingerprint density at radius 3 is 2.35 bits per heavy atom. The van der Waals surface area contributed by atoms with Crippen LogP contribution in [0.25, 0.3) is 10.8 Å². The third-order valence-corrected chi connectivity index (χ3v) is 3.66. The van der Waals surface area contributed by atoms with Gasteiger partial charge in [-0.25, -0.2) is 0 Å². The zero-order valence-corrected chi connectivity index (χ0v) is 13.1. The number of nitrogens with zero attached hydrogens (tertiary/aromatic N) is 2. The lowest BCUT2D eigenvalue weighted by Crippen LogP contribution is -2.36. The summed E-state index contributed by atoms with van der Waals surface area (Å²) in [5.41, 5.74) is 1.12. The highest BCUT2D eigenvalue weighted by atomic mass is 16.5. The summed E-state index contributed by atoms with van der Waals surface area (Å²) < 4.78 is 5.24. The zero-order chi connectivity index (χ0) is 14.7. The Labute approximate surface area is 121 Å². The topological polar surface area (TPSA) is 25.4 Å². The first-order valence-corrected chi connectivity index (χ1v) is 7.19. The SMILES string of the molecule is COc1ccc2cc(CN(C(C)C)C(C)C)ncc2c1. The van der Waals surface area contributed by atoms with E-state index in [9.17, 15) is 0 Å². The molecule has 2 aromatic rings. The van der Waals surface area contributed by atoms with E-state index >= 15 is 0 Å². The molecule has 0 spiro atoms. The molecule has 2 rings (SSSR count). The number of hydrogen-bond donors (Lipinski definition) is 0. The Bertz CT molecular complexity index is 570. The fraction of sp³-hybridized carbons (Fsp3) is 0.471. The van der Waals surface area contributed by atoms with Gasteiger partial charge in [-0.05, 0) is 51.3 Å². The minimum Gasteiger partial charge on any atom is -0.497 e. The second-order valence-electron chi connectivity index (χ2n) is 5.75. The number of rotatable bonds is 5. The molecule has 0 fully saturated rings. The van der Waals surface area contributed by atoms with Crippen LogP contribution in [-0.2, 0) is 6.54 Å². The molecule has 0 amide bonds. The Balaban J connectivity index is 2.27. The Morgan fingerprint density at radius 1 is 1.05 bits per heavy atom. The van der Waals surface area contributed by atoms with E-state index < -0.39 is 0 Å². The molecule has 0 aliphatic rings. The summed E-state index contributed by atoms with van der Waals surface area (Å²) in [5, 5.41) is 2.33. The third kappa shape index (κ3) is 3.28. The largest absolute Gasteiger partial charge is 0.497 e. The van der Waals surface area contributed by atoms with Crippen LogP contribution in [0.4, 0.5) is 0 Å². The molecule has 1 heterocycles. The maximum Gasteiger partial charge on any atom is 0.119 e. The van der Waals surface area contributed by atoms with Gasteiger partial charge in [0.05, 0.1) is 12.8 Å². The number of pyridine rings is 1. The van der Waals surface area contributed by atoms with E-state index in [0.29, 0.717) is 12.1 Å². The first-order valence-electron chi connectivity index (χ1n) is 7.19. The standard InChI is InChI=1S/C17H24N2O/c1-12(2)19(13(3)4)11-16-8-14-6-7-17(20-5)9-15(14)10-18-16/h6-10,12-13H,11H2,1-5H3. The number of hydrogen-bond acceptors (Lipinski definition) is 3. The number of ether oxygens (including phenoxy) is 1. The van der Waals surface area contributed by atoms with Crippen LogP contribution in [-0.4, -0.2) is 29.1 Å². The second-order valence-corrected chi connectivity index (χ2v) is 5.75. The van der Waals surface area contributed by atoms with E-state index in [1.54, 1.807) is 7.11 Å². The monoisotopic (exact) mass is 272 g/mol. The summed E-state index contributed by atoms with van der Waals surface area (Å²) in [6.07, 6.45) is 1.94. The molecule has 1 aromatic carbocycles. The van der Waals surface area contributed by atoms with Crippen LogP contribution < -0.4 is 4.74 Å². The molecule has 3 heteroatoms. The molecule has 0 N–H and O–H groups in total. The molecule has 3 nitrogen and oxygen atoms in total. The van der Waals surface area contributed by atoms with Crippen molar-refractivity contribution in [2.45, 2.75) is 46.3 Å². The van der Waals surface area contributed by atoms with Gasteiger partial charge in [-0.3, -0.25) is 9.88 Å². The predicted octanol–water partition coefficient (Wildman–Crippen LogP) is 3.86. The van der Waals surface area contributed by atoms with Crippen LogP contribution in [0.2, 0.25) is 0 Å². The maximum absolute atomic E-state index is 5.24. The molecule has 0 saturated heterocycles. The summed E-state index contributed by atoms with van der Waals surface area (Å²) in [6, 6.07) is 9.32. The van der Waals surface area contributed by atoms with Crippen LogP contribution in [0, 0.1) is 0 Å². The summed E-state index contributed by atoms with van der Waals surface area (Å²) >= 11 is 0. The average molecular weight is 272 g/mol. The minimum atomic E-state index is 0.517. The van der Waals surface area contributed by atoms with Gasteiger partial charge >= 0.3 is 0 Å². The van der Waals surface area contributed by atoms with Gasteiger partial charge in [0.15, 0.2) is 0 Å². The molecule has 20 heavy (non-hydrogen) atoms. The summed E-state index contributed by atoms with van der Waals surface area (Å²) in [7, 11) is 1.69. The van der Waals surface area contributed by atoms with E-state index in [2.05, 4.69) is 49.7 Å². The van der Waals surface area contributed by atoms with Crippen molar-refractivity contribution in [1.82, 2.24) is 9.88 Å². The smallest absolute Gasteiger partial charge is 0.119 e. The van der Waals surface area contributed by atoms with Crippen molar-refractivity contribution in [2.75, 3.05) is 7.11 Å². The fourth-order valence-corrected chi connectivity index (χ4v) is 2.53. The van der Waals surface area contributed by atoms with E-state index in [-0.39, 0.29) is 0 Å². The molecular formula is C17H24N2O. The van der Waals surface area contributed by atoms with Crippen LogP contribution in [0.15, 0.2) is 30.5 Å². The van der Waals surface area contributed by atoms with Crippen molar-refractivity contribution in [3.8, 4) is 5.75 Å². The lowest BCUT2D eigenvalue weighted by Gasteiger charge is -2.30. The lowest BCUT2D eigenvalue weighted by molar-refractivity contribution is 0.164. The molecular weight excluding hydrogens is 248 g/mol. The normalized spacial score (nSPS) is 11.8. The zero-order valence-electron chi connectivity index (χ0n) is 13.1. The molecule has 0 atom stereocenters. The molecule has 0 saturated carbocycles. The average Bonchev–Trinajstić information content (AvgIpc) is 2.43. The molecule has 108 valence electrons. The fourth-order valence-electron chi connectivity index (χ4n) is 2.53. The van der Waals surface area contributed by atoms with Gasteiger partial charge in [-0.1, -0.05) is 6.07 Å². The molecule has 1 aromatic heterocycles. The van der Waals surface area contributed by atoms with Gasteiger partial charge in [-0.15, -0.1) is 0 Å². The van der Waals surface area contributed by atoms with Crippen molar-refractivity contribution >= 4 is 10.8 Å². The molecule has 0 aliphatic heterocycles. The molecule has 0 unspecified atom stereocenters. The number of benzene rings is 1. The first kappa shape index (κ1) is 14.8. The van der Waals surface area contributed by atoms with Gasteiger partial charge in [-0.2, -0.15) is 0 Å². The minimum absolute atomic E-state index is 0.517. The van der Waals surface area contributed by atoms with Crippen LogP contribution in [0.1, 0.15) is 33.4 Å². The lowest BCUT2D eigenvalue weighted by atomic mass is 10.1. The summed E-state index contributed by atoms with van der Waals surface area (Å²) in [6.45, 7) is 9.80. The number of aromatic nitrogens is 1. The van der Waals surface area contributed by atoms with E-state index in [4.69, 9.17) is 4.74 Å². The van der Waals surface area contributed by atoms with E-state index in [1.165, 1.54) is 5.39 Å². The van der Waals surface area contributed by atoms with Gasteiger partial charge in [0.2, 0.25) is 0 Å². The van der Waals surface area contributed by atoms with E-state index in [1.807, 2.05) is 18.3 Å². The number of methoxy groups -OCH3 is 1. The predicted molar refractivity (Wildman–Crippen MR) is 84.1 cm³/mol. The molecule has 0 aliphatic carbocycles. The summed E-state index contributed by atoms with van der Waals surface area (Å²) in [4.78, 5) is 7.03. The second kappa shape index (κ2) is 6.23. The highest BCUT2D eigenvalue weighted by Gasteiger charge is 2.14. The van der Waals surface area contributed by atoms with Gasteiger partial charge in [0.1, 0.15) is 5.75 Å². The molecule has 0 bridgehead atoms. The Hall–Kier alpha value is -1.61. The van der Waals surface area contributed by atoms with Crippen LogP contribution in [0.3, 0.4) is 0 Å². The third-order valence-electron chi connectivity index (χ3n) is 3.66. The van der Waals surface area contributed by atoms with Crippen LogP contribution in [0.5, 0.6) is 5.75 Å². The number of fused-ring (bicyclic) bond motifs is 1. The van der Waals surface area contributed by atoms with Gasteiger partial charge in [0, 0.05) is 30.2 Å². The Morgan fingerprint density at radius 2 is 1.75 bits per heavy atom. The summed E-state index contributed by atoms with van der Waals surface area (Å²) in [5.74, 6) is 0.873. The van der Waals surface area contributed by atoms with Gasteiger partial charge in [0.25, 0.3) is 0 Å². The first-order chi connectivity index (χ1) is 9.51. The highest BCUT2D eigenvalue weighted by Crippen LogP contribution is 2.21. The quantitative estimate of drug-likeness (QED) is 0.826. The van der Waals surface area contributed by atoms with Crippen molar-refractivity contribution in [3.05, 3.63) is 36.2 Å². The van der Waals surface area contributed by atoms with Gasteiger partial charge < -0.3 is 4.74 Å². The highest BCUT2D eigenvalue weighted by molar-refractivity contribution is 5.83. The van der Waals surface area contributed by atoms with E-state index in [0.717, 1.165) is 23.4 Å². The van der Waals surface area contributed by atoms with Crippen molar-refractivity contribution in [2.24, 2.45) is 0 Å². The Kier molecular flexibility index (Phi) is 4.61. The van der Waals surface area contributed by atoms with Crippen molar-refractivity contribution in [3.63, 3.8) is 0 Å². The van der Waals surface area contributed by atoms with Crippen molar-refractivity contribution < 1.29 is 4.74 Å². The van der Waals surface area contributed by atoms with Crippen LogP contribution >= 0.6 is 0 Å².